The van der Waals surface area contributed by atoms with Crippen LogP contribution in [-0.4, -0.2) is 38.1 Å². The summed E-state index contributed by atoms with van der Waals surface area (Å²) in [7, 11) is 4.04. The lowest BCUT2D eigenvalue weighted by Gasteiger charge is -2.17. The first-order valence-electron chi connectivity index (χ1n) is 9.34. The molecule has 0 amide bonds. The van der Waals surface area contributed by atoms with Gasteiger partial charge in [-0.15, -0.1) is 0 Å². The fraction of sp³-hybridized carbons (Fsp3) is 0.348. The van der Waals surface area contributed by atoms with Gasteiger partial charge in [-0.3, -0.25) is 4.79 Å². The number of carbonyl (C=O) groups is 1. The van der Waals surface area contributed by atoms with Crippen molar-refractivity contribution < 1.29 is 14.3 Å². The van der Waals surface area contributed by atoms with E-state index in [4.69, 9.17) is 9.47 Å². The molecule has 156 valence electrons. The highest BCUT2D eigenvalue weighted by atomic mass is 79.9. The van der Waals surface area contributed by atoms with Gasteiger partial charge in [-0.1, -0.05) is 24.3 Å². The van der Waals surface area contributed by atoms with E-state index in [1.165, 1.54) is 0 Å². The summed E-state index contributed by atoms with van der Waals surface area (Å²) < 4.78 is 12.1. The van der Waals surface area contributed by atoms with Gasteiger partial charge in [-0.05, 0) is 102 Å². The van der Waals surface area contributed by atoms with Crippen molar-refractivity contribution in [2.45, 2.75) is 20.8 Å². The summed E-state index contributed by atoms with van der Waals surface area (Å²) in [6.07, 6.45) is 0. The van der Waals surface area contributed by atoms with Crippen LogP contribution >= 0.6 is 31.9 Å². The van der Waals surface area contributed by atoms with Gasteiger partial charge in [0.15, 0.2) is 0 Å². The van der Waals surface area contributed by atoms with E-state index in [2.05, 4.69) is 36.8 Å². The third-order valence-electron chi connectivity index (χ3n) is 4.11. The SMILES string of the molecule is CN(C)CCOc1ccc(C(=C(Br)Br)c2ccc(OC(=O)C(C)(C)C)cc2)cc1. The summed E-state index contributed by atoms with van der Waals surface area (Å²) in [6.45, 7) is 7.01. The molecule has 2 rings (SSSR count). The highest BCUT2D eigenvalue weighted by molar-refractivity contribution is 9.28. The van der Waals surface area contributed by atoms with Gasteiger partial charge < -0.3 is 14.4 Å². The number of hydrogen-bond acceptors (Lipinski definition) is 4. The number of esters is 1. The van der Waals surface area contributed by atoms with Crippen LogP contribution in [0, 0.1) is 5.41 Å². The highest BCUT2D eigenvalue weighted by Gasteiger charge is 2.23. The third-order valence-corrected chi connectivity index (χ3v) is 4.90. The van der Waals surface area contributed by atoms with E-state index in [-0.39, 0.29) is 5.97 Å². The first-order valence-corrected chi connectivity index (χ1v) is 10.9. The molecule has 0 radical (unpaired) electrons. The average Bonchev–Trinajstić information content (AvgIpc) is 2.63. The maximum Gasteiger partial charge on any atom is 0.316 e. The molecule has 4 nitrogen and oxygen atoms in total. The number of rotatable bonds is 7. The number of likely N-dealkylation sites (N-methyl/N-ethyl adjacent to an activating group) is 1. The van der Waals surface area contributed by atoms with Crippen molar-refractivity contribution in [3.8, 4) is 11.5 Å². The smallest absolute Gasteiger partial charge is 0.316 e. The van der Waals surface area contributed by atoms with Crippen LogP contribution in [0.15, 0.2) is 51.9 Å². The summed E-state index contributed by atoms with van der Waals surface area (Å²) in [5.74, 6) is 1.11. The van der Waals surface area contributed by atoms with E-state index < -0.39 is 5.41 Å². The predicted molar refractivity (Wildman–Crippen MR) is 126 cm³/mol. The first-order chi connectivity index (χ1) is 13.6. The Bertz CT molecular complexity index is 847. The molecule has 0 heterocycles. The lowest BCUT2D eigenvalue weighted by Crippen LogP contribution is -2.25. The molecule has 0 spiro atoms. The lowest BCUT2D eigenvalue weighted by atomic mass is 9.97. The summed E-state index contributed by atoms with van der Waals surface area (Å²) in [4.78, 5) is 14.1. The van der Waals surface area contributed by atoms with E-state index in [1.54, 1.807) is 12.1 Å². The van der Waals surface area contributed by atoms with Crippen molar-refractivity contribution in [2.24, 2.45) is 5.41 Å². The van der Waals surface area contributed by atoms with Crippen molar-refractivity contribution in [3.05, 3.63) is 63.0 Å². The van der Waals surface area contributed by atoms with Crippen LogP contribution in [0.2, 0.25) is 0 Å². The van der Waals surface area contributed by atoms with Crippen molar-refractivity contribution in [1.82, 2.24) is 4.90 Å². The monoisotopic (exact) mass is 523 g/mol. The number of benzene rings is 2. The maximum absolute atomic E-state index is 12.1. The molecule has 0 atom stereocenters. The van der Waals surface area contributed by atoms with Gasteiger partial charge in [-0.25, -0.2) is 0 Å². The Morgan fingerprint density at radius 1 is 0.897 bits per heavy atom. The molecule has 0 aliphatic carbocycles. The van der Waals surface area contributed by atoms with E-state index in [0.29, 0.717) is 12.4 Å². The largest absolute Gasteiger partial charge is 0.492 e. The van der Waals surface area contributed by atoms with Gasteiger partial charge in [0.25, 0.3) is 0 Å². The topological polar surface area (TPSA) is 38.8 Å². The van der Waals surface area contributed by atoms with Crippen molar-refractivity contribution in [2.75, 3.05) is 27.2 Å². The minimum absolute atomic E-state index is 0.257. The molecule has 2 aromatic rings. The van der Waals surface area contributed by atoms with Gasteiger partial charge in [0.2, 0.25) is 0 Å². The number of hydrogen-bond donors (Lipinski definition) is 0. The van der Waals surface area contributed by atoms with Gasteiger partial charge in [0.05, 0.1) is 8.81 Å². The Hall–Kier alpha value is -1.63. The molecule has 29 heavy (non-hydrogen) atoms. The fourth-order valence-corrected chi connectivity index (χ4v) is 3.31. The zero-order valence-electron chi connectivity index (χ0n) is 17.5. The van der Waals surface area contributed by atoms with E-state index in [0.717, 1.165) is 32.4 Å². The van der Waals surface area contributed by atoms with Gasteiger partial charge in [-0.2, -0.15) is 0 Å². The molecule has 0 saturated carbocycles. The zero-order valence-corrected chi connectivity index (χ0v) is 20.6. The van der Waals surface area contributed by atoms with Crippen molar-refractivity contribution in [1.29, 1.82) is 0 Å². The Morgan fingerprint density at radius 2 is 1.38 bits per heavy atom. The lowest BCUT2D eigenvalue weighted by molar-refractivity contribution is -0.142. The number of halogens is 2. The molecular formula is C23H27Br2NO3. The van der Waals surface area contributed by atoms with Crippen LogP contribution in [0.4, 0.5) is 0 Å². The second-order valence-corrected chi connectivity index (χ2v) is 10.6. The highest BCUT2D eigenvalue weighted by Crippen LogP contribution is 2.35. The molecule has 0 aromatic heterocycles. The maximum atomic E-state index is 12.1. The first kappa shape index (κ1) is 23.6. The standard InChI is InChI=1S/C23H27Br2NO3/c1-23(2,3)22(27)29-19-12-8-17(9-13-19)20(21(24)25)16-6-10-18(11-7-16)28-15-14-26(4)5/h6-13H,14-15H2,1-5H3. The van der Waals surface area contributed by atoms with Gasteiger partial charge >= 0.3 is 5.97 Å². The molecule has 0 bridgehead atoms. The quantitative estimate of drug-likeness (QED) is 0.324. The Kier molecular flexibility index (Phi) is 8.49. The molecule has 0 N–H and O–H groups in total. The van der Waals surface area contributed by atoms with Crippen LogP contribution in [0.25, 0.3) is 5.57 Å². The summed E-state index contributed by atoms with van der Waals surface area (Å²) >= 11 is 7.10. The molecule has 0 aliphatic rings. The summed E-state index contributed by atoms with van der Waals surface area (Å²) in [6, 6.07) is 15.5. The third kappa shape index (κ3) is 7.28. The molecule has 0 fully saturated rings. The second-order valence-electron chi connectivity index (χ2n) is 7.98. The second kappa shape index (κ2) is 10.4. The number of nitrogens with zero attached hydrogens (tertiary/aromatic N) is 1. The summed E-state index contributed by atoms with van der Waals surface area (Å²) in [5, 5.41) is 0. The number of carbonyl (C=O) groups excluding carboxylic acids is 1. The van der Waals surface area contributed by atoms with Gasteiger partial charge in [0, 0.05) is 12.1 Å². The van der Waals surface area contributed by atoms with Gasteiger partial charge in [0.1, 0.15) is 18.1 Å². The minimum Gasteiger partial charge on any atom is -0.492 e. The van der Waals surface area contributed by atoms with Crippen LogP contribution in [0.1, 0.15) is 31.9 Å². The summed E-state index contributed by atoms with van der Waals surface area (Å²) in [5.41, 5.74) is 2.48. The number of ether oxygens (including phenoxy) is 2. The van der Waals surface area contributed by atoms with Crippen molar-refractivity contribution >= 4 is 43.4 Å². The van der Waals surface area contributed by atoms with E-state index in [1.807, 2.05) is 71.3 Å². The molecule has 0 unspecified atom stereocenters. The Balaban J connectivity index is 2.16. The molecule has 0 saturated heterocycles. The molecule has 0 aliphatic heterocycles. The molecule has 2 aromatic carbocycles. The predicted octanol–water partition coefficient (Wildman–Crippen LogP) is 6.09. The van der Waals surface area contributed by atoms with Crippen molar-refractivity contribution in [3.63, 3.8) is 0 Å². The van der Waals surface area contributed by atoms with Crippen LogP contribution in [0.3, 0.4) is 0 Å². The van der Waals surface area contributed by atoms with Crippen LogP contribution in [0.5, 0.6) is 11.5 Å². The normalized spacial score (nSPS) is 11.3. The Morgan fingerprint density at radius 3 is 1.79 bits per heavy atom. The van der Waals surface area contributed by atoms with Crippen LogP contribution in [-0.2, 0) is 4.79 Å². The Labute approximate surface area is 190 Å². The minimum atomic E-state index is -0.543. The fourth-order valence-electron chi connectivity index (χ4n) is 2.40. The van der Waals surface area contributed by atoms with Crippen LogP contribution < -0.4 is 9.47 Å². The zero-order chi connectivity index (χ0) is 21.6. The van der Waals surface area contributed by atoms with E-state index in [9.17, 15) is 4.79 Å². The van der Waals surface area contributed by atoms with E-state index >= 15 is 0 Å². The molecule has 6 heteroatoms. The average molecular weight is 525 g/mol. The molecular weight excluding hydrogens is 498 g/mol.